The molecule has 32 heavy (non-hydrogen) atoms. The van der Waals surface area contributed by atoms with E-state index < -0.39 is 28.5 Å². The summed E-state index contributed by atoms with van der Waals surface area (Å²) in [5.74, 6) is -1.35. The number of ether oxygens (including phenoxy) is 1. The lowest BCUT2D eigenvalue weighted by atomic mass is 10.2. The first-order valence-corrected chi connectivity index (χ1v) is 11.0. The van der Waals surface area contributed by atoms with Gasteiger partial charge in [0.25, 0.3) is 15.9 Å². The molecular formula is C23H19N3O5S. The second-order valence-electron chi connectivity index (χ2n) is 6.55. The van der Waals surface area contributed by atoms with Crippen molar-refractivity contribution in [3.8, 4) is 6.07 Å². The van der Waals surface area contributed by atoms with E-state index in [1.165, 1.54) is 29.2 Å². The van der Waals surface area contributed by atoms with E-state index in [0.29, 0.717) is 11.4 Å². The third-order valence-electron chi connectivity index (χ3n) is 4.35. The van der Waals surface area contributed by atoms with E-state index in [4.69, 9.17) is 10.00 Å². The summed E-state index contributed by atoms with van der Waals surface area (Å²) in [7, 11) is -3.82. The van der Waals surface area contributed by atoms with Gasteiger partial charge in [-0.15, -0.1) is 0 Å². The van der Waals surface area contributed by atoms with Crippen LogP contribution in [0.1, 0.15) is 10.4 Å². The summed E-state index contributed by atoms with van der Waals surface area (Å²) >= 11 is 0. The first kappa shape index (κ1) is 22.5. The number of carbonyl (C=O) groups is 2. The highest BCUT2D eigenvalue weighted by Gasteiger charge is 2.19. The third-order valence-corrected chi connectivity index (χ3v) is 5.75. The van der Waals surface area contributed by atoms with Crippen molar-refractivity contribution in [2.24, 2.45) is 0 Å². The monoisotopic (exact) mass is 449 g/mol. The van der Waals surface area contributed by atoms with Gasteiger partial charge in [-0.1, -0.05) is 36.4 Å². The quantitative estimate of drug-likeness (QED) is 0.417. The van der Waals surface area contributed by atoms with Gasteiger partial charge >= 0.3 is 5.97 Å². The maximum absolute atomic E-state index is 12.5. The Morgan fingerprint density at radius 1 is 0.906 bits per heavy atom. The molecule has 0 aliphatic heterocycles. The van der Waals surface area contributed by atoms with Crippen molar-refractivity contribution in [3.63, 3.8) is 0 Å². The van der Waals surface area contributed by atoms with Crippen LogP contribution in [0.25, 0.3) is 0 Å². The zero-order chi connectivity index (χ0) is 23.0. The lowest BCUT2D eigenvalue weighted by Gasteiger charge is -2.19. The molecule has 3 rings (SSSR count). The van der Waals surface area contributed by atoms with Crippen molar-refractivity contribution in [3.05, 3.63) is 90.5 Å². The molecule has 0 fully saturated rings. The van der Waals surface area contributed by atoms with E-state index in [1.807, 2.05) is 6.07 Å². The predicted octanol–water partition coefficient (Wildman–Crippen LogP) is 3.20. The van der Waals surface area contributed by atoms with Crippen LogP contribution in [0.15, 0.2) is 89.8 Å². The van der Waals surface area contributed by atoms with E-state index in [-0.39, 0.29) is 17.0 Å². The molecule has 0 aliphatic rings. The third kappa shape index (κ3) is 5.71. The van der Waals surface area contributed by atoms with Crippen LogP contribution in [0.2, 0.25) is 0 Å². The van der Waals surface area contributed by atoms with Crippen molar-refractivity contribution >= 4 is 33.3 Å². The largest absolute Gasteiger partial charge is 0.452 e. The van der Waals surface area contributed by atoms with Gasteiger partial charge in [-0.3, -0.25) is 14.4 Å². The number of anilines is 2. The number of rotatable bonds is 8. The normalized spacial score (nSPS) is 10.6. The Morgan fingerprint density at radius 2 is 1.50 bits per heavy atom. The minimum Gasteiger partial charge on any atom is -0.452 e. The highest BCUT2D eigenvalue weighted by atomic mass is 32.2. The lowest BCUT2D eigenvalue weighted by Crippen LogP contribution is -2.35. The second-order valence-corrected chi connectivity index (χ2v) is 8.23. The Bertz CT molecular complexity index is 1220. The Morgan fingerprint density at radius 3 is 2.09 bits per heavy atom. The number of carbonyl (C=O) groups excluding carboxylic acids is 2. The average molecular weight is 449 g/mol. The van der Waals surface area contributed by atoms with Gasteiger partial charge in [0.05, 0.1) is 16.5 Å². The molecule has 0 spiro atoms. The van der Waals surface area contributed by atoms with Crippen LogP contribution >= 0.6 is 0 Å². The molecule has 0 radical (unpaired) electrons. The molecule has 0 saturated heterocycles. The molecular weight excluding hydrogens is 430 g/mol. The Kier molecular flexibility index (Phi) is 7.21. The van der Waals surface area contributed by atoms with Gasteiger partial charge in [-0.25, -0.2) is 13.2 Å². The minimum atomic E-state index is -3.82. The molecule has 9 heteroatoms. The molecule has 0 saturated carbocycles. The fourth-order valence-electron chi connectivity index (χ4n) is 2.78. The molecule has 8 nitrogen and oxygen atoms in total. The van der Waals surface area contributed by atoms with Crippen LogP contribution in [-0.4, -0.2) is 33.4 Å². The van der Waals surface area contributed by atoms with E-state index >= 15 is 0 Å². The summed E-state index contributed by atoms with van der Waals surface area (Å²) in [4.78, 5) is 25.9. The smallest absolute Gasteiger partial charge is 0.338 e. The van der Waals surface area contributed by atoms with Crippen molar-refractivity contribution in [2.75, 3.05) is 22.8 Å². The summed E-state index contributed by atoms with van der Waals surface area (Å²) in [6, 6.07) is 24.0. The number of nitrogens with one attached hydrogen (secondary N) is 1. The topological polar surface area (TPSA) is 117 Å². The van der Waals surface area contributed by atoms with Gasteiger partial charge in [-0.05, 0) is 48.5 Å². The number of para-hydroxylation sites is 2. The number of benzene rings is 3. The van der Waals surface area contributed by atoms with Crippen LogP contribution in [0.5, 0.6) is 0 Å². The van der Waals surface area contributed by atoms with Crippen LogP contribution < -0.4 is 9.62 Å². The number of hydrogen-bond donors (Lipinski definition) is 1. The van der Waals surface area contributed by atoms with Crippen molar-refractivity contribution in [1.82, 2.24) is 0 Å². The molecule has 3 aromatic rings. The molecule has 0 bridgehead atoms. The Labute approximate surface area is 185 Å². The van der Waals surface area contributed by atoms with Gasteiger partial charge in [0.2, 0.25) is 0 Å². The van der Waals surface area contributed by atoms with Crippen LogP contribution in [0.3, 0.4) is 0 Å². The highest BCUT2D eigenvalue weighted by molar-refractivity contribution is 7.92. The molecule has 1 N–H and O–H groups in total. The Balaban J connectivity index is 1.63. The predicted molar refractivity (Wildman–Crippen MR) is 118 cm³/mol. The summed E-state index contributed by atoms with van der Waals surface area (Å²) in [5.41, 5.74) is 1.01. The lowest BCUT2D eigenvalue weighted by molar-refractivity contribution is -0.121. The van der Waals surface area contributed by atoms with E-state index in [9.17, 15) is 18.0 Å². The molecule has 0 atom stereocenters. The molecule has 0 aromatic heterocycles. The number of nitrogens with zero attached hydrogens (tertiary/aromatic N) is 2. The number of esters is 1. The number of sulfonamides is 1. The number of nitriles is 1. The van der Waals surface area contributed by atoms with Crippen LogP contribution in [-0.2, 0) is 19.6 Å². The van der Waals surface area contributed by atoms with Crippen molar-refractivity contribution < 1.29 is 22.7 Å². The van der Waals surface area contributed by atoms with Gasteiger partial charge in [0, 0.05) is 11.4 Å². The van der Waals surface area contributed by atoms with E-state index in [0.717, 1.165) is 0 Å². The van der Waals surface area contributed by atoms with E-state index in [1.54, 1.807) is 60.7 Å². The van der Waals surface area contributed by atoms with Crippen LogP contribution in [0.4, 0.5) is 11.4 Å². The molecule has 1 amide bonds. The van der Waals surface area contributed by atoms with Gasteiger partial charge in [-0.2, -0.15) is 5.26 Å². The maximum atomic E-state index is 12.5. The molecule has 0 heterocycles. The van der Waals surface area contributed by atoms with E-state index in [2.05, 4.69) is 4.72 Å². The SMILES string of the molecule is N#CCN(C(=O)COC(=O)c1ccc(S(=O)(=O)Nc2ccccc2)cc1)c1ccccc1. The van der Waals surface area contributed by atoms with Gasteiger partial charge < -0.3 is 4.74 Å². The molecule has 162 valence electrons. The summed E-state index contributed by atoms with van der Waals surface area (Å²) in [6.07, 6.45) is 0. The van der Waals surface area contributed by atoms with Crippen LogP contribution in [0, 0.1) is 11.3 Å². The summed E-state index contributed by atoms with van der Waals surface area (Å²) in [6.45, 7) is -0.758. The second kappa shape index (κ2) is 10.2. The standard InChI is InChI=1S/C23H19N3O5S/c24-15-16-26(20-9-5-2-6-10-20)22(27)17-31-23(28)18-11-13-21(14-12-18)32(29,30)25-19-7-3-1-4-8-19/h1-14,25H,16-17H2. The van der Waals surface area contributed by atoms with Crippen molar-refractivity contribution in [1.29, 1.82) is 5.26 Å². The minimum absolute atomic E-state index is 0.0294. The zero-order valence-electron chi connectivity index (χ0n) is 16.8. The summed E-state index contributed by atoms with van der Waals surface area (Å²) < 4.78 is 32.4. The zero-order valence-corrected chi connectivity index (χ0v) is 17.7. The first-order valence-electron chi connectivity index (χ1n) is 9.48. The molecule has 0 unspecified atom stereocenters. The first-order chi connectivity index (χ1) is 15.4. The summed E-state index contributed by atoms with van der Waals surface area (Å²) in [5, 5.41) is 8.98. The molecule has 3 aromatic carbocycles. The fraction of sp³-hybridized carbons (Fsp3) is 0.0870. The maximum Gasteiger partial charge on any atom is 0.338 e. The van der Waals surface area contributed by atoms with Crippen molar-refractivity contribution in [2.45, 2.75) is 4.90 Å². The number of hydrogen-bond acceptors (Lipinski definition) is 6. The Hall–Kier alpha value is -4.16. The van der Waals surface area contributed by atoms with Gasteiger partial charge in [0.1, 0.15) is 6.54 Å². The molecule has 0 aliphatic carbocycles. The van der Waals surface area contributed by atoms with Gasteiger partial charge in [0.15, 0.2) is 6.61 Å². The number of amides is 1. The highest BCUT2D eigenvalue weighted by Crippen LogP contribution is 2.17. The average Bonchev–Trinajstić information content (AvgIpc) is 2.82. The fourth-order valence-corrected chi connectivity index (χ4v) is 3.84.